The maximum Gasteiger partial charge on any atom is 0.255 e. The number of hydrogen-bond acceptors (Lipinski definition) is 3. The maximum absolute atomic E-state index is 13.7. The number of nitrogens with one attached hydrogen (secondary N) is 1. The van der Waals surface area contributed by atoms with E-state index in [1.165, 1.54) is 19.2 Å². The second-order valence-corrected chi connectivity index (χ2v) is 4.65. The highest BCUT2D eigenvalue weighted by Crippen LogP contribution is 2.25. The van der Waals surface area contributed by atoms with Crippen LogP contribution in [0.5, 0.6) is 11.5 Å². The highest BCUT2D eigenvalue weighted by atomic mass is 19.1. The normalized spacial score (nSPS) is 10.1. The van der Waals surface area contributed by atoms with Crippen molar-refractivity contribution in [1.82, 2.24) is 0 Å². The monoisotopic (exact) mass is 303 g/mol. The molecule has 0 aromatic heterocycles. The van der Waals surface area contributed by atoms with Gasteiger partial charge in [0.2, 0.25) is 0 Å². The third-order valence-corrected chi connectivity index (χ3v) is 3.01. The van der Waals surface area contributed by atoms with Crippen LogP contribution in [0.25, 0.3) is 0 Å². The summed E-state index contributed by atoms with van der Waals surface area (Å²) < 4.78 is 24.1. The Balaban J connectivity index is 2.16. The molecule has 0 aliphatic heterocycles. The third kappa shape index (κ3) is 3.75. The predicted octanol–water partition coefficient (Wildman–Crippen LogP) is 3.88. The van der Waals surface area contributed by atoms with Crippen LogP contribution in [-0.2, 0) is 0 Å². The standard InChI is InChI=1S/C17H18FNO3/c1-3-10-22-16-7-5-4-6-14(16)19-17(20)12-8-9-15(21-2)13(18)11-12/h4-9,11H,3,10H2,1-2H3,(H,19,20). The van der Waals surface area contributed by atoms with Gasteiger partial charge in [-0.25, -0.2) is 4.39 Å². The summed E-state index contributed by atoms with van der Waals surface area (Å²) in [5, 5.41) is 2.73. The van der Waals surface area contributed by atoms with Crippen LogP contribution in [0.2, 0.25) is 0 Å². The molecular weight excluding hydrogens is 285 g/mol. The number of benzene rings is 2. The lowest BCUT2D eigenvalue weighted by molar-refractivity contribution is 0.102. The van der Waals surface area contributed by atoms with Crippen LogP contribution >= 0.6 is 0 Å². The first-order valence-electron chi connectivity index (χ1n) is 7.02. The van der Waals surface area contributed by atoms with E-state index < -0.39 is 11.7 Å². The molecule has 0 saturated carbocycles. The van der Waals surface area contributed by atoms with Crippen LogP contribution in [0.4, 0.5) is 10.1 Å². The molecule has 5 heteroatoms. The summed E-state index contributed by atoms with van der Waals surface area (Å²) in [6, 6.07) is 11.2. The first-order chi connectivity index (χ1) is 10.7. The Bertz CT molecular complexity index is 658. The zero-order chi connectivity index (χ0) is 15.9. The summed E-state index contributed by atoms with van der Waals surface area (Å²) in [5.41, 5.74) is 0.765. The van der Waals surface area contributed by atoms with Gasteiger partial charge in [0.25, 0.3) is 5.91 Å². The smallest absolute Gasteiger partial charge is 0.255 e. The fourth-order valence-corrected chi connectivity index (χ4v) is 1.91. The van der Waals surface area contributed by atoms with Gasteiger partial charge in [0, 0.05) is 5.56 Å². The van der Waals surface area contributed by atoms with Crippen LogP contribution < -0.4 is 14.8 Å². The molecule has 2 aromatic carbocycles. The molecule has 0 heterocycles. The average Bonchev–Trinajstić information content (AvgIpc) is 2.54. The Morgan fingerprint density at radius 3 is 2.64 bits per heavy atom. The Morgan fingerprint density at radius 2 is 1.95 bits per heavy atom. The van der Waals surface area contributed by atoms with Gasteiger partial charge in [-0.1, -0.05) is 19.1 Å². The molecule has 116 valence electrons. The van der Waals surface area contributed by atoms with Crippen molar-refractivity contribution >= 4 is 11.6 Å². The fourth-order valence-electron chi connectivity index (χ4n) is 1.91. The van der Waals surface area contributed by atoms with Crippen molar-refractivity contribution in [1.29, 1.82) is 0 Å². The van der Waals surface area contributed by atoms with E-state index in [1.54, 1.807) is 18.2 Å². The number of amides is 1. The Morgan fingerprint density at radius 1 is 1.18 bits per heavy atom. The molecule has 0 fully saturated rings. The van der Waals surface area contributed by atoms with Gasteiger partial charge in [-0.3, -0.25) is 4.79 Å². The Labute approximate surface area is 128 Å². The molecule has 2 aromatic rings. The zero-order valence-electron chi connectivity index (χ0n) is 12.6. The molecular formula is C17H18FNO3. The van der Waals surface area contributed by atoms with Gasteiger partial charge in [0.1, 0.15) is 5.75 Å². The van der Waals surface area contributed by atoms with Crippen LogP contribution in [-0.4, -0.2) is 19.6 Å². The van der Waals surface area contributed by atoms with Crippen molar-refractivity contribution in [2.75, 3.05) is 19.0 Å². The second-order valence-electron chi connectivity index (χ2n) is 4.65. The van der Waals surface area contributed by atoms with Gasteiger partial charge in [0.15, 0.2) is 11.6 Å². The molecule has 0 aliphatic carbocycles. The summed E-state index contributed by atoms with van der Waals surface area (Å²) >= 11 is 0. The molecule has 1 amide bonds. The lowest BCUT2D eigenvalue weighted by Gasteiger charge is -2.12. The minimum absolute atomic E-state index is 0.100. The Hall–Kier alpha value is -2.56. The van der Waals surface area contributed by atoms with Crippen molar-refractivity contribution in [3.05, 3.63) is 53.8 Å². The number of rotatable bonds is 6. The highest BCUT2D eigenvalue weighted by Gasteiger charge is 2.12. The lowest BCUT2D eigenvalue weighted by Crippen LogP contribution is -2.13. The van der Waals surface area contributed by atoms with E-state index in [1.807, 2.05) is 13.0 Å². The quantitative estimate of drug-likeness (QED) is 0.881. The van der Waals surface area contributed by atoms with Crippen LogP contribution in [0.3, 0.4) is 0 Å². The molecule has 1 N–H and O–H groups in total. The van der Waals surface area contributed by atoms with Crippen LogP contribution in [0, 0.1) is 5.82 Å². The SMILES string of the molecule is CCCOc1ccccc1NC(=O)c1ccc(OC)c(F)c1. The number of carbonyl (C=O) groups is 1. The maximum atomic E-state index is 13.7. The van der Waals surface area contributed by atoms with Crippen LogP contribution in [0.15, 0.2) is 42.5 Å². The van der Waals surface area contributed by atoms with E-state index in [0.717, 1.165) is 12.5 Å². The van der Waals surface area contributed by atoms with E-state index in [9.17, 15) is 9.18 Å². The summed E-state index contributed by atoms with van der Waals surface area (Å²) in [4.78, 5) is 12.2. The van der Waals surface area contributed by atoms with E-state index in [2.05, 4.69) is 5.32 Å². The van der Waals surface area contributed by atoms with Crippen molar-refractivity contribution in [2.24, 2.45) is 0 Å². The van der Waals surface area contributed by atoms with E-state index >= 15 is 0 Å². The lowest BCUT2D eigenvalue weighted by atomic mass is 10.2. The fraction of sp³-hybridized carbons (Fsp3) is 0.235. The minimum Gasteiger partial charge on any atom is -0.494 e. The highest BCUT2D eigenvalue weighted by molar-refractivity contribution is 6.05. The molecule has 0 spiro atoms. The van der Waals surface area contributed by atoms with Gasteiger partial charge >= 0.3 is 0 Å². The number of ether oxygens (including phenoxy) is 2. The van der Waals surface area contributed by atoms with E-state index in [4.69, 9.17) is 9.47 Å². The number of methoxy groups -OCH3 is 1. The van der Waals surface area contributed by atoms with Crippen molar-refractivity contribution in [3.63, 3.8) is 0 Å². The molecule has 0 saturated heterocycles. The topological polar surface area (TPSA) is 47.6 Å². The van der Waals surface area contributed by atoms with Gasteiger partial charge in [-0.2, -0.15) is 0 Å². The van der Waals surface area contributed by atoms with Crippen molar-refractivity contribution < 1.29 is 18.7 Å². The van der Waals surface area contributed by atoms with E-state index in [-0.39, 0.29) is 11.3 Å². The summed E-state index contributed by atoms with van der Waals surface area (Å²) in [5.74, 6) is -0.297. The number of para-hydroxylation sites is 2. The zero-order valence-corrected chi connectivity index (χ0v) is 12.6. The molecule has 22 heavy (non-hydrogen) atoms. The largest absolute Gasteiger partial charge is 0.494 e. The molecule has 0 unspecified atom stereocenters. The first kappa shape index (κ1) is 15.8. The molecule has 0 radical (unpaired) electrons. The number of anilines is 1. The second kappa shape index (κ2) is 7.45. The molecule has 0 aliphatic rings. The van der Waals surface area contributed by atoms with Crippen molar-refractivity contribution in [3.8, 4) is 11.5 Å². The number of hydrogen-bond donors (Lipinski definition) is 1. The summed E-state index contributed by atoms with van der Waals surface area (Å²) in [6.45, 7) is 2.56. The average molecular weight is 303 g/mol. The molecule has 0 atom stereocenters. The summed E-state index contributed by atoms with van der Waals surface area (Å²) in [6.07, 6.45) is 0.867. The predicted molar refractivity (Wildman–Crippen MR) is 83.1 cm³/mol. The molecule has 0 bridgehead atoms. The van der Waals surface area contributed by atoms with E-state index in [0.29, 0.717) is 18.0 Å². The number of halogens is 1. The third-order valence-electron chi connectivity index (χ3n) is 3.01. The van der Waals surface area contributed by atoms with Gasteiger partial charge in [0.05, 0.1) is 19.4 Å². The number of carbonyl (C=O) groups excluding carboxylic acids is 1. The Kier molecular flexibility index (Phi) is 5.36. The van der Waals surface area contributed by atoms with Gasteiger partial charge in [-0.15, -0.1) is 0 Å². The molecule has 2 rings (SSSR count). The first-order valence-corrected chi connectivity index (χ1v) is 7.02. The molecule has 4 nitrogen and oxygen atoms in total. The van der Waals surface area contributed by atoms with Crippen LogP contribution in [0.1, 0.15) is 23.7 Å². The van der Waals surface area contributed by atoms with Gasteiger partial charge in [-0.05, 0) is 36.8 Å². The van der Waals surface area contributed by atoms with Crippen molar-refractivity contribution in [2.45, 2.75) is 13.3 Å². The minimum atomic E-state index is -0.578. The van der Waals surface area contributed by atoms with Gasteiger partial charge < -0.3 is 14.8 Å². The summed E-state index contributed by atoms with van der Waals surface area (Å²) in [7, 11) is 1.37.